The fraction of sp³-hybridized carbons (Fsp3) is 0.167. The van der Waals surface area contributed by atoms with Crippen LogP contribution in [0, 0.1) is 12.7 Å². The second kappa shape index (κ2) is 4.37. The number of rotatable bonds is 3. The highest BCUT2D eigenvalue weighted by Crippen LogP contribution is 2.14. The fourth-order valence-electron chi connectivity index (χ4n) is 1.67. The van der Waals surface area contributed by atoms with Crippen LogP contribution in [0.5, 0.6) is 0 Å². The molecule has 1 aromatic carbocycles. The van der Waals surface area contributed by atoms with Crippen LogP contribution in [0.2, 0.25) is 0 Å². The Balaban J connectivity index is 2.47. The number of benzene rings is 1. The molecule has 88 valence electrons. The van der Waals surface area contributed by atoms with Gasteiger partial charge < -0.3 is 5.11 Å². The first-order chi connectivity index (χ1) is 8.06. The van der Waals surface area contributed by atoms with Crippen molar-refractivity contribution in [2.45, 2.75) is 13.3 Å². The highest BCUT2D eigenvalue weighted by atomic mass is 19.1. The molecule has 0 atom stereocenters. The summed E-state index contributed by atoms with van der Waals surface area (Å²) in [5.74, 6) is -1.32. The number of nitrogens with zero attached hydrogens (tertiary/aromatic N) is 2. The number of aliphatic carboxylic acids is 1. The first kappa shape index (κ1) is 11.3. The van der Waals surface area contributed by atoms with Crippen molar-refractivity contribution in [2.24, 2.45) is 0 Å². The summed E-state index contributed by atoms with van der Waals surface area (Å²) in [6.07, 6.45) is -0.142. The molecule has 0 spiro atoms. The fourth-order valence-corrected chi connectivity index (χ4v) is 1.67. The molecule has 0 aliphatic rings. The smallest absolute Gasteiger partial charge is 0.309 e. The van der Waals surface area contributed by atoms with Crippen LogP contribution in [-0.4, -0.2) is 20.9 Å². The molecule has 1 heterocycles. The predicted molar refractivity (Wildman–Crippen MR) is 59.6 cm³/mol. The highest BCUT2D eigenvalue weighted by molar-refractivity contribution is 5.69. The Labute approximate surface area is 97.3 Å². The number of hydrogen-bond donors (Lipinski definition) is 1. The van der Waals surface area contributed by atoms with Gasteiger partial charge in [-0.05, 0) is 31.2 Å². The first-order valence-corrected chi connectivity index (χ1v) is 5.09. The molecule has 0 saturated carbocycles. The molecular formula is C12H11FN2O2. The van der Waals surface area contributed by atoms with Crippen LogP contribution >= 0.6 is 0 Å². The SMILES string of the molecule is Cc1cc(CC(=O)O)n(-c2cccc(F)c2)n1. The quantitative estimate of drug-likeness (QED) is 0.883. The van der Waals surface area contributed by atoms with Crippen molar-refractivity contribution in [1.29, 1.82) is 0 Å². The third kappa shape index (κ3) is 2.50. The van der Waals surface area contributed by atoms with Crippen molar-refractivity contribution < 1.29 is 14.3 Å². The molecule has 2 aromatic rings. The number of carboxylic acids is 1. The van der Waals surface area contributed by atoms with Gasteiger partial charge in [0.25, 0.3) is 0 Å². The molecule has 1 N–H and O–H groups in total. The molecule has 0 saturated heterocycles. The average Bonchev–Trinajstić information content (AvgIpc) is 2.58. The summed E-state index contributed by atoms with van der Waals surface area (Å²) in [4.78, 5) is 10.7. The third-order valence-corrected chi connectivity index (χ3v) is 2.29. The largest absolute Gasteiger partial charge is 0.481 e. The summed E-state index contributed by atoms with van der Waals surface area (Å²) in [6, 6.07) is 7.57. The molecule has 0 radical (unpaired) electrons. The van der Waals surface area contributed by atoms with E-state index in [1.807, 2.05) is 0 Å². The molecule has 17 heavy (non-hydrogen) atoms. The van der Waals surface area contributed by atoms with E-state index in [1.165, 1.54) is 16.8 Å². The van der Waals surface area contributed by atoms with Crippen molar-refractivity contribution in [2.75, 3.05) is 0 Å². The molecular weight excluding hydrogens is 223 g/mol. The predicted octanol–water partition coefficient (Wildman–Crippen LogP) is 1.95. The van der Waals surface area contributed by atoms with Gasteiger partial charge >= 0.3 is 5.97 Å². The number of aromatic nitrogens is 2. The van der Waals surface area contributed by atoms with Gasteiger partial charge in [-0.3, -0.25) is 4.79 Å². The monoisotopic (exact) mass is 234 g/mol. The van der Waals surface area contributed by atoms with Gasteiger partial charge in [-0.25, -0.2) is 9.07 Å². The zero-order valence-corrected chi connectivity index (χ0v) is 9.22. The van der Waals surface area contributed by atoms with Crippen LogP contribution in [0.1, 0.15) is 11.4 Å². The van der Waals surface area contributed by atoms with Crippen LogP contribution in [0.3, 0.4) is 0 Å². The van der Waals surface area contributed by atoms with E-state index in [1.54, 1.807) is 25.1 Å². The Morgan fingerprint density at radius 1 is 1.47 bits per heavy atom. The van der Waals surface area contributed by atoms with Crippen molar-refractivity contribution in [3.63, 3.8) is 0 Å². The summed E-state index contributed by atoms with van der Waals surface area (Å²) in [5, 5.41) is 12.9. The van der Waals surface area contributed by atoms with Crippen molar-refractivity contribution in [1.82, 2.24) is 9.78 Å². The van der Waals surface area contributed by atoms with E-state index >= 15 is 0 Å². The molecule has 4 nitrogen and oxygen atoms in total. The molecule has 0 unspecified atom stereocenters. The Morgan fingerprint density at radius 2 is 2.24 bits per heavy atom. The Kier molecular flexibility index (Phi) is 2.91. The van der Waals surface area contributed by atoms with E-state index in [0.29, 0.717) is 17.1 Å². The molecule has 2 rings (SSSR count). The molecule has 0 bridgehead atoms. The van der Waals surface area contributed by atoms with Crippen molar-refractivity contribution >= 4 is 5.97 Å². The van der Waals surface area contributed by atoms with Crippen LogP contribution in [0.15, 0.2) is 30.3 Å². The highest BCUT2D eigenvalue weighted by Gasteiger charge is 2.11. The average molecular weight is 234 g/mol. The molecule has 0 aliphatic carbocycles. The second-order valence-corrected chi connectivity index (χ2v) is 3.74. The Hall–Kier alpha value is -2.17. The Morgan fingerprint density at radius 3 is 2.88 bits per heavy atom. The van der Waals surface area contributed by atoms with E-state index in [4.69, 9.17) is 5.11 Å². The number of halogens is 1. The molecule has 0 amide bonds. The lowest BCUT2D eigenvalue weighted by Crippen LogP contribution is -2.08. The lowest BCUT2D eigenvalue weighted by molar-refractivity contribution is -0.136. The van der Waals surface area contributed by atoms with Gasteiger partial charge in [0.2, 0.25) is 0 Å². The standard InChI is InChI=1S/C12H11FN2O2/c1-8-5-11(7-12(16)17)15(14-8)10-4-2-3-9(13)6-10/h2-6H,7H2,1H3,(H,16,17). The molecule has 5 heteroatoms. The minimum atomic E-state index is -0.942. The van der Waals surface area contributed by atoms with Crippen LogP contribution in [0.25, 0.3) is 5.69 Å². The minimum absolute atomic E-state index is 0.142. The zero-order chi connectivity index (χ0) is 12.4. The van der Waals surface area contributed by atoms with Gasteiger partial charge in [0, 0.05) is 0 Å². The lowest BCUT2D eigenvalue weighted by atomic mass is 10.2. The van der Waals surface area contributed by atoms with Crippen LogP contribution in [-0.2, 0) is 11.2 Å². The molecule has 0 aliphatic heterocycles. The van der Waals surface area contributed by atoms with Crippen molar-refractivity contribution in [3.8, 4) is 5.69 Å². The summed E-state index contributed by atoms with van der Waals surface area (Å²) in [7, 11) is 0. The summed E-state index contributed by atoms with van der Waals surface area (Å²) in [6.45, 7) is 1.77. The topological polar surface area (TPSA) is 55.1 Å². The van der Waals surface area contributed by atoms with E-state index < -0.39 is 5.97 Å². The van der Waals surface area contributed by atoms with Gasteiger partial charge in [-0.15, -0.1) is 0 Å². The lowest BCUT2D eigenvalue weighted by Gasteiger charge is -2.05. The van der Waals surface area contributed by atoms with E-state index in [-0.39, 0.29) is 12.2 Å². The van der Waals surface area contributed by atoms with Crippen molar-refractivity contribution in [3.05, 3.63) is 47.5 Å². The maximum Gasteiger partial charge on any atom is 0.309 e. The number of carboxylic acid groups (broad SMARTS) is 1. The van der Waals surface area contributed by atoms with Gasteiger partial charge in [0.05, 0.1) is 23.5 Å². The Bertz CT molecular complexity index is 563. The first-order valence-electron chi connectivity index (χ1n) is 5.09. The number of hydrogen-bond acceptors (Lipinski definition) is 2. The molecule has 1 aromatic heterocycles. The summed E-state index contributed by atoms with van der Waals surface area (Å²) >= 11 is 0. The molecule has 0 fully saturated rings. The minimum Gasteiger partial charge on any atom is -0.481 e. The van der Waals surface area contributed by atoms with E-state index in [9.17, 15) is 9.18 Å². The van der Waals surface area contributed by atoms with Crippen LogP contribution in [0.4, 0.5) is 4.39 Å². The van der Waals surface area contributed by atoms with Gasteiger partial charge in [0.15, 0.2) is 0 Å². The summed E-state index contributed by atoms with van der Waals surface area (Å²) < 4.78 is 14.5. The van der Waals surface area contributed by atoms with Gasteiger partial charge in [-0.1, -0.05) is 6.07 Å². The van der Waals surface area contributed by atoms with Gasteiger partial charge in [-0.2, -0.15) is 5.10 Å². The summed E-state index contributed by atoms with van der Waals surface area (Å²) in [5.41, 5.74) is 1.75. The van der Waals surface area contributed by atoms with Crippen LogP contribution < -0.4 is 0 Å². The maximum absolute atomic E-state index is 13.1. The third-order valence-electron chi connectivity index (χ3n) is 2.29. The van der Waals surface area contributed by atoms with Gasteiger partial charge in [0.1, 0.15) is 5.82 Å². The van der Waals surface area contributed by atoms with E-state index in [2.05, 4.69) is 5.10 Å². The maximum atomic E-state index is 13.1. The van der Waals surface area contributed by atoms with E-state index in [0.717, 1.165) is 0 Å². The normalized spacial score (nSPS) is 10.5. The number of carbonyl (C=O) groups is 1. The second-order valence-electron chi connectivity index (χ2n) is 3.74. The number of aryl methyl sites for hydroxylation is 1. The zero-order valence-electron chi connectivity index (χ0n) is 9.22.